The van der Waals surface area contributed by atoms with Crippen molar-refractivity contribution in [1.82, 2.24) is 0 Å². The van der Waals surface area contributed by atoms with Gasteiger partial charge >= 0.3 is 0 Å². The Kier molecular flexibility index (Phi) is 3.16. The lowest BCUT2D eigenvalue weighted by molar-refractivity contribution is 0.103. The molecule has 0 spiro atoms. The van der Waals surface area contributed by atoms with E-state index >= 15 is 0 Å². The average Bonchev–Trinajstić information content (AvgIpc) is 2.67. The molecule has 0 unspecified atom stereocenters. The van der Waals surface area contributed by atoms with Crippen molar-refractivity contribution in [2.75, 3.05) is 0 Å². The second-order valence-electron chi connectivity index (χ2n) is 3.08. The van der Waals surface area contributed by atoms with Gasteiger partial charge in [0.1, 0.15) is 11.6 Å². The van der Waals surface area contributed by atoms with E-state index in [0.29, 0.717) is 4.88 Å². The van der Waals surface area contributed by atoms with Gasteiger partial charge in [0.15, 0.2) is 0 Å². The summed E-state index contributed by atoms with van der Waals surface area (Å²) in [7, 11) is 0. The Labute approximate surface area is 103 Å². The first-order valence-electron chi connectivity index (χ1n) is 4.31. The maximum Gasteiger partial charge on any atom is 0.206 e. The normalized spacial score (nSPS) is 10.4. The molecule has 0 saturated carbocycles. The van der Waals surface area contributed by atoms with Crippen molar-refractivity contribution in [2.24, 2.45) is 0 Å². The van der Waals surface area contributed by atoms with Gasteiger partial charge in [-0.2, -0.15) is 0 Å². The molecule has 0 aliphatic rings. The number of halogens is 3. The zero-order valence-electron chi connectivity index (χ0n) is 7.84. The third-order valence-corrected chi connectivity index (χ3v) is 3.65. The third kappa shape index (κ3) is 2.20. The molecular weight excluding hydrogens is 298 g/mol. The van der Waals surface area contributed by atoms with Crippen LogP contribution in [0.25, 0.3) is 0 Å². The highest BCUT2D eigenvalue weighted by atomic mass is 79.9. The minimum atomic E-state index is -0.712. The highest BCUT2D eigenvalue weighted by Crippen LogP contribution is 2.23. The molecule has 16 heavy (non-hydrogen) atoms. The molecule has 0 saturated heterocycles. The number of hydrogen-bond acceptors (Lipinski definition) is 2. The number of benzene rings is 1. The minimum Gasteiger partial charge on any atom is -0.288 e. The largest absolute Gasteiger partial charge is 0.288 e. The summed E-state index contributed by atoms with van der Waals surface area (Å²) in [4.78, 5) is 12.2. The van der Waals surface area contributed by atoms with Gasteiger partial charge in [0.05, 0.1) is 10.4 Å². The molecule has 0 radical (unpaired) electrons. The molecule has 1 aromatic heterocycles. The lowest BCUT2D eigenvalue weighted by atomic mass is 10.1. The Morgan fingerprint density at radius 1 is 1.25 bits per heavy atom. The molecule has 0 N–H and O–H groups in total. The van der Waals surface area contributed by atoms with Crippen LogP contribution in [0.5, 0.6) is 0 Å². The van der Waals surface area contributed by atoms with Gasteiger partial charge in [-0.05, 0) is 40.2 Å². The Morgan fingerprint density at radius 3 is 2.62 bits per heavy atom. The fraction of sp³-hybridized carbons (Fsp3) is 0. The molecule has 5 heteroatoms. The second-order valence-corrected chi connectivity index (χ2v) is 4.91. The zero-order valence-corrected chi connectivity index (χ0v) is 10.2. The molecule has 0 atom stereocenters. The number of rotatable bonds is 2. The predicted octanol–water partition coefficient (Wildman–Crippen LogP) is 4.02. The number of thiophene rings is 1. The topological polar surface area (TPSA) is 17.1 Å². The molecule has 1 heterocycles. The molecule has 0 aliphatic carbocycles. The van der Waals surface area contributed by atoms with Crippen molar-refractivity contribution in [3.05, 3.63) is 56.2 Å². The first kappa shape index (κ1) is 11.4. The monoisotopic (exact) mass is 302 g/mol. The maximum atomic E-state index is 13.3. The molecule has 82 valence electrons. The van der Waals surface area contributed by atoms with Crippen LogP contribution in [0.2, 0.25) is 0 Å². The molecule has 0 aliphatic heterocycles. The van der Waals surface area contributed by atoms with Crippen molar-refractivity contribution in [3.8, 4) is 0 Å². The highest BCUT2D eigenvalue weighted by molar-refractivity contribution is 9.10. The summed E-state index contributed by atoms with van der Waals surface area (Å²) >= 11 is 4.38. The van der Waals surface area contributed by atoms with E-state index in [2.05, 4.69) is 15.9 Å². The van der Waals surface area contributed by atoms with Gasteiger partial charge in [-0.1, -0.05) is 0 Å². The minimum absolute atomic E-state index is 0.241. The maximum absolute atomic E-state index is 13.3. The van der Waals surface area contributed by atoms with E-state index in [1.807, 2.05) is 0 Å². The molecule has 1 aromatic carbocycles. The van der Waals surface area contributed by atoms with Gasteiger partial charge in [-0.3, -0.25) is 4.79 Å². The van der Waals surface area contributed by atoms with Crippen molar-refractivity contribution < 1.29 is 13.6 Å². The Bertz CT molecular complexity index is 551. The zero-order chi connectivity index (χ0) is 11.7. The van der Waals surface area contributed by atoms with E-state index in [-0.39, 0.29) is 5.56 Å². The van der Waals surface area contributed by atoms with Crippen LogP contribution in [0.15, 0.2) is 34.1 Å². The molecular formula is C11H5BrF2OS. The second kappa shape index (κ2) is 4.43. The summed E-state index contributed by atoms with van der Waals surface area (Å²) in [6.45, 7) is 0. The average molecular weight is 303 g/mol. The fourth-order valence-corrected chi connectivity index (χ4v) is 2.62. The quantitative estimate of drug-likeness (QED) is 0.766. The van der Waals surface area contributed by atoms with E-state index in [0.717, 1.165) is 22.7 Å². The third-order valence-electron chi connectivity index (χ3n) is 1.96. The lowest BCUT2D eigenvalue weighted by Crippen LogP contribution is -2.02. The van der Waals surface area contributed by atoms with Crippen LogP contribution < -0.4 is 0 Å². The van der Waals surface area contributed by atoms with E-state index in [4.69, 9.17) is 0 Å². The van der Waals surface area contributed by atoms with Gasteiger partial charge in [0.2, 0.25) is 5.78 Å². The summed E-state index contributed by atoms with van der Waals surface area (Å²) < 4.78 is 27.0. The number of hydrogen-bond donors (Lipinski definition) is 0. The molecule has 2 aromatic rings. The van der Waals surface area contributed by atoms with Crippen molar-refractivity contribution >= 4 is 33.0 Å². The first-order valence-corrected chi connectivity index (χ1v) is 5.99. The highest BCUT2D eigenvalue weighted by Gasteiger charge is 2.16. The summed E-state index contributed by atoms with van der Waals surface area (Å²) in [5.41, 5.74) is -0.241. The van der Waals surface area contributed by atoms with Crippen molar-refractivity contribution in [2.45, 2.75) is 0 Å². The predicted molar refractivity (Wildman–Crippen MR) is 61.8 cm³/mol. The van der Waals surface area contributed by atoms with E-state index in [9.17, 15) is 13.6 Å². The SMILES string of the molecule is O=C(c1cc(Br)cs1)c1cc(F)ccc1F. The Hall–Kier alpha value is -1.07. The van der Waals surface area contributed by atoms with Crippen LogP contribution in [0.4, 0.5) is 8.78 Å². The lowest BCUT2D eigenvalue weighted by Gasteiger charge is -2.00. The van der Waals surface area contributed by atoms with Gasteiger partial charge in [-0.15, -0.1) is 11.3 Å². The van der Waals surface area contributed by atoms with Crippen molar-refractivity contribution in [3.63, 3.8) is 0 Å². The standard InChI is InChI=1S/C11H5BrF2OS/c12-6-3-10(16-5-6)11(15)8-4-7(13)1-2-9(8)14/h1-5H. The summed E-state index contributed by atoms with van der Waals surface area (Å²) in [6.07, 6.45) is 0. The molecule has 2 rings (SSSR count). The van der Waals surface area contributed by atoms with Crippen LogP contribution >= 0.6 is 27.3 Å². The number of carbonyl (C=O) groups excluding carboxylic acids is 1. The van der Waals surface area contributed by atoms with E-state index in [1.54, 1.807) is 11.4 Å². The van der Waals surface area contributed by atoms with Crippen LogP contribution in [0, 0.1) is 11.6 Å². The van der Waals surface area contributed by atoms with Gasteiger partial charge in [0, 0.05) is 9.85 Å². The fourth-order valence-electron chi connectivity index (χ4n) is 1.24. The smallest absolute Gasteiger partial charge is 0.206 e. The van der Waals surface area contributed by atoms with Gasteiger partial charge < -0.3 is 0 Å². The number of carbonyl (C=O) groups is 1. The summed E-state index contributed by atoms with van der Waals surface area (Å²) in [5.74, 6) is -1.84. The molecule has 0 bridgehead atoms. The van der Waals surface area contributed by atoms with Crippen LogP contribution in [-0.4, -0.2) is 5.78 Å². The summed E-state index contributed by atoms with van der Waals surface area (Å²) in [6, 6.07) is 4.42. The summed E-state index contributed by atoms with van der Waals surface area (Å²) in [5, 5.41) is 1.71. The van der Waals surface area contributed by atoms with Crippen LogP contribution in [-0.2, 0) is 0 Å². The van der Waals surface area contributed by atoms with E-state index < -0.39 is 17.4 Å². The van der Waals surface area contributed by atoms with Gasteiger partial charge in [-0.25, -0.2) is 8.78 Å². The van der Waals surface area contributed by atoms with Gasteiger partial charge in [0.25, 0.3) is 0 Å². The van der Waals surface area contributed by atoms with E-state index in [1.165, 1.54) is 11.3 Å². The van der Waals surface area contributed by atoms with Crippen molar-refractivity contribution in [1.29, 1.82) is 0 Å². The Balaban J connectivity index is 2.45. The molecule has 0 fully saturated rings. The first-order chi connectivity index (χ1) is 7.58. The number of ketones is 1. The molecule has 0 amide bonds. The Morgan fingerprint density at radius 2 is 2.00 bits per heavy atom. The van der Waals surface area contributed by atoms with Crippen LogP contribution in [0.1, 0.15) is 15.2 Å². The van der Waals surface area contributed by atoms with Crippen LogP contribution in [0.3, 0.4) is 0 Å². The molecule has 1 nitrogen and oxygen atoms in total.